The van der Waals surface area contributed by atoms with Crippen LogP contribution in [-0.4, -0.2) is 39.1 Å². The van der Waals surface area contributed by atoms with E-state index >= 15 is 0 Å². The third kappa shape index (κ3) is 4.03. The molecule has 1 rings (SSSR count). The van der Waals surface area contributed by atoms with E-state index in [1.165, 1.54) is 0 Å². The third-order valence-electron chi connectivity index (χ3n) is 2.61. The Morgan fingerprint density at radius 1 is 1.24 bits per heavy atom. The Morgan fingerprint density at radius 3 is 2.53 bits per heavy atom. The molecule has 0 unspecified atom stereocenters. The van der Waals surface area contributed by atoms with Crippen molar-refractivity contribution in [3.05, 3.63) is 28.2 Å². The van der Waals surface area contributed by atoms with E-state index in [9.17, 15) is 0 Å². The molecule has 1 aromatic carbocycles. The number of nitriles is 1. The van der Waals surface area contributed by atoms with Crippen LogP contribution in [0.25, 0.3) is 0 Å². The highest BCUT2D eigenvalue weighted by Gasteiger charge is 2.09. The molecule has 0 aromatic heterocycles. The SMILES string of the molecule is CN(C)CCCN(C)c1cccc(Br)c1C#N. The summed E-state index contributed by atoms with van der Waals surface area (Å²) in [4.78, 5) is 4.30. The second-order valence-corrected chi connectivity index (χ2v) is 5.18. The number of anilines is 1. The Morgan fingerprint density at radius 2 is 1.94 bits per heavy atom. The molecule has 0 fully saturated rings. The van der Waals surface area contributed by atoms with E-state index in [2.05, 4.69) is 45.9 Å². The molecule has 0 N–H and O–H groups in total. The monoisotopic (exact) mass is 295 g/mol. The van der Waals surface area contributed by atoms with Crippen LogP contribution in [0.1, 0.15) is 12.0 Å². The lowest BCUT2D eigenvalue weighted by Gasteiger charge is -2.21. The van der Waals surface area contributed by atoms with E-state index in [0.29, 0.717) is 5.56 Å². The molecule has 0 amide bonds. The summed E-state index contributed by atoms with van der Waals surface area (Å²) in [6.45, 7) is 2.00. The highest BCUT2D eigenvalue weighted by molar-refractivity contribution is 9.10. The molecular weight excluding hydrogens is 278 g/mol. The Hall–Kier alpha value is -1.05. The van der Waals surface area contributed by atoms with E-state index in [0.717, 1.165) is 29.7 Å². The summed E-state index contributed by atoms with van der Waals surface area (Å²) in [7, 11) is 6.16. The predicted molar refractivity (Wildman–Crippen MR) is 75.3 cm³/mol. The van der Waals surface area contributed by atoms with Crippen molar-refractivity contribution in [1.29, 1.82) is 5.26 Å². The van der Waals surface area contributed by atoms with Gasteiger partial charge in [0.1, 0.15) is 6.07 Å². The van der Waals surface area contributed by atoms with Gasteiger partial charge in [-0.2, -0.15) is 5.26 Å². The molecule has 0 aliphatic heterocycles. The zero-order chi connectivity index (χ0) is 12.8. The van der Waals surface area contributed by atoms with Crippen LogP contribution in [0.5, 0.6) is 0 Å². The summed E-state index contributed by atoms with van der Waals surface area (Å²) in [6.07, 6.45) is 1.08. The molecule has 0 spiro atoms. The lowest BCUT2D eigenvalue weighted by atomic mass is 10.2. The summed E-state index contributed by atoms with van der Waals surface area (Å²) >= 11 is 3.41. The topological polar surface area (TPSA) is 30.3 Å². The van der Waals surface area contributed by atoms with E-state index in [4.69, 9.17) is 5.26 Å². The van der Waals surface area contributed by atoms with Crippen molar-refractivity contribution in [3.63, 3.8) is 0 Å². The molecule has 0 saturated carbocycles. The summed E-state index contributed by atoms with van der Waals surface area (Å²) in [5.41, 5.74) is 1.69. The standard InChI is InChI=1S/C13H18BrN3/c1-16(2)8-5-9-17(3)13-7-4-6-12(14)11(13)10-15/h4,6-7H,5,8-9H2,1-3H3. The zero-order valence-corrected chi connectivity index (χ0v) is 12.2. The lowest BCUT2D eigenvalue weighted by Crippen LogP contribution is -2.24. The minimum Gasteiger partial charge on any atom is -0.373 e. The van der Waals surface area contributed by atoms with Crippen LogP contribution < -0.4 is 4.90 Å². The van der Waals surface area contributed by atoms with Crippen LogP contribution in [0.15, 0.2) is 22.7 Å². The van der Waals surface area contributed by atoms with Gasteiger partial charge in [0.15, 0.2) is 0 Å². The summed E-state index contributed by atoms with van der Waals surface area (Å²) in [5.74, 6) is 0. The normalized spacial score (nSPS) is 10.4. The van der Waals surface area contributed by atoms with Crippen molar-refractivity contribution < 1.29 is 0 Å². The molecule has 0 aliphatic carbocycles. The Kier molecular flexibility index (Phi) is 5.46. The molecule has 0 atom stereocenters. The van der Waals surface area contributed by atoms with Gasteiger partial charge in [0.05, 0.1) is 11.3 Å². The number of rotatable bonds is 5. The first-order chi connectivity index (χ1) is 8.06. The summed E-state index contributed by atoms with van der Waals surface area (Å²) in [5, 5.41) is 9.15. The Balaban J connectivity index is 2.72. The van der Waals surface area contributed by atoms with Crippen LogP contribution in [-0.2, 0) is 0 Å². The molecule has 0 aliphatic rings. The van der Waals surface area contributed by atoms with E-state index in [1.54, 1.807) is 0 Å². The number of hydrogen-bond acceptors (Lipinski definition) is 3. The highest BCUT2D eigenvalue weighted by Crippen LogP contribution is 2.26. The summed E-state index contributed by atoms with van der Waals surface area (Å²) in [6, 6.07) is 8.09. The minimum atomic E-state index is 0.708. The van der Waals surface area contributed by atoms with Gasteiger partial charge >= 0.3 is 0 Å². The van der Waals surface area contributed by atoms with E-state index in [-0.39, 0.29) is 0 Å². The van der Waals surface area contributed by atoms with Crippen molar-refractivity contribution in [2.45, 2.75) is 6.42 Å². The predicted octanol–water partition coefficient (Wildman–Crippen LogP) is 2.71. The van der Waals surface area contributed by atoms with Crippen molar-refractivity contribution in [2.24, 2.45) is 0 Å². The first kappa shape index (κ1) is 14.0. The molecule has 0 heterocycles. The second-order valence-electron chi connectivity index (χ2n) is 4.32. The maximum absolute atomic E-state index is 9.15. The smallest absolute Gasteiger partial charge is 0.103 e. The molecule has 92 valence electrons. The quantitative estimate of drug-likeness (QED) is 0.837. The van der Waals surface area contributed by atoms with Gasteiger partial charge in [0.25, 0.3) is 0 Å². The third-order valence-corrected chi connectivity index (χ3v) is 3.27. The van der Waals surface area contributed by atoms with Crippen LogP contribution in [0.3, 0.4) is 0 Å². The van der Waals surface area contributed by atoms with E-state index in [1.807, 2.05) is 25.2 Å². The maximum atomic E-state index is 9.15. The molecule has 4 heteroatoms. The number of nitrogens with zero attached hydrogens (tertiary/aromatic N) is 3. The van der Waals surface area contributed by atoms with Gasteiger partial charge in [0.2, 0.25) is 0 Å². The van der Waals surface area contributed by atoms with Crippen LogP contribution in [0.4, 0.5) is 5.69 Å². The summed E-state index contributed by atoms with van der Waals surface area (Å²) < 4.78 is 0.858. The van der Waals surface area contributed by atoms with Gasteiger partial charge in [-0.1, -0.05) is 6.07 Å². The van der Waals surface area contributed by atoms with Gasteiger partial charge in [-0.3, -0.25) is 0 Å². The number of hydrogen-bond donors (Lipinski definition) is 0. The van der Waals surface area contributed by atoms with E-state index < -0.39 is 0 Å². The molecule has 1 aromatic rings. The van der Waals surface area contributed by atoms with Crippen LogP contribution in [0, 0.1) is 11.3 Å². The largest absolute Gasteiger partial charge is 0.373 e. The Labute approximate surface area is 112 Å². The molecule has 17 heavy (non-hydrogen) atoms. The fraction of sp³-hybridized carbons (Fsp3) is 0.462. The van der Waals surface area contributed by atoms with Gasteiger partial charge in [0, 0.05) is 18.1 Å². The average Bonchev–Trinajstić information content (AvgIpc) is 2.28. The highest BCUT2D eigenvalue weighted by atomic mass is 79.9. The Bertz CT molecular complexity index is 410. The van der Waals surface area contributed by atoms with Gasteiger partial charge < -0.3 is 9.80 Å². The van der Waals surface area contributed by atoms with Crippen molar-refractivity contribution >= 4 is 21.6 Å². The van der Waals surface area contributed by atoms with Gasteiger partial charge in [-0.15, -0.1) is 0 Å². The average molecular weight is 296 g/mol. The molecule has 0 saturated heterocycles. The van der Waals surface area contributed by atoms with Crippen molar-refractivity contribution in [1.82, 2.24) is 4.90 Å². The van der Waals surface area contributed by atoms with Crippen LogP contribution in [0.2, 0.25) is 0 Å². The second kappa shape index (κ2) is 6.63. The van der Waals surface area contributed by atoms with Gasteiger partial charge in [-0.25, -0.2) is 0 Å². The zero-order valence-electron chi connectivity index (χ0n) is 10.6. The van der Waals surface area contributed by atoms with Crippen molar-refractivity contribution in [2.75, 3.05) is 39.1 Å². The minimum absolute atomic E-state index is 0.708. The van der Waals surface area contributed by atoms with Gasteiger partial charge in [-0.05, 0) is 55.1 Å². The lowest BCUT2D eigenvalue weighted by molar-refractivity contribution is 0.401. The molecule has 0 bridgehead atoms. The van der Waals surface area contributed by atoms with Crippen molar-refractivity contribution in [3.8, 4) is 6.07 Å². The molecule has 0 radical (unpaired) electrons. The number of halogens is 1. The van der Waals surface area contributed by atoms with Crippen LogP contribution >= 0.6 is 15.9 Å². The fourth-order valence-electron chi connectivity index (χ4n) is 1.69. The first-order valence-corrected chi connectivity index (χ1v) is 6.40. The number of benzene rings is 1. The first-order valence-electron chi connectivity index (χ1n) is 5.60. The molecule has 3 nitrogen and oxygen atoms in total. The fourth-order valence-corrected chi connectivity index (χ4v) is 2.13. The molecular formula is C13H18BrN3. The maximum Gasteiger partial charge on any atom is 0.103 e.